The second kappa shape index (κ2) is 5.44. The van der Waals surface area contributed by atoms with Crippen molar-refractivity contribution in [3.63, 3.8) is 0 Å². The quantitative estimate of drug-likeness (QED) is 0.888. The van der Waals surface area contributed by atoms with Crippen LogP contribution in [0.4, 0.5) is 5.69 Å². The summed E-state index contributed by atoms with van der Waals surface area (Å²) < 4.78 is 0. The van der Waals surface area contributed by atoms with Crippen molar-refractivity contribution in [3.05, 3.63) is 54.4 Å². The van der Waals surface area contributed by atoms with Gasteiger partial charge in [0.05, 0.1) is 0 Å². The molecule has 1 aromatic heterocycles. The van der Waals surface area contributed by atoms with Gasteiger partial charge in [0.1, 0.15) is 0 Å². The van der Waals surface area contributed by atoms with Gasteiger partial charge in [-0.05, 0) is 36.6 Å². The molecular formula is C15H16N2S. The lowest BCUT2D eigenvalue weighted by molar-refractivity contribution is 0.803. The number of fused-ring (bicyclic) bond motifs is 1. The average molecular weight is 256 g/mol. The van der Waals surface area contributed by atoms with Gasteiger partial charge in [-0.25, -0.2) is 0 Å². The highest BCUT2D eigenvalue weighted by Crippen LogP contribution is 2.30. The van der Waals surface area contributed by atoms with Gasteiger partial charge >= 0.3 is 0 Å². The Morgan fingerprint density at radius 3 is 2.83 bits per heavy atom. The standard InChI is InChI=1S/C15H16N2S/c1-2-4-15-12(3-1)5-6-14(11-17-15)18-13-7-9-16-10-8-13/h1-4,7-10,14,17H,5-6,11H2. The number of para-hydroxylation sites is 1. The lowest BCUT2D eigenvalue weighted by atomic mass is 10.1. The summed E-state index contributed by atoms with van der Waals surface area (Å²) in [5.74, 6) is 0. The van der Waals surface area contributed by atoms with Crippen LogP contribution in [0.1, 0.15) is 12.0 Å². The number of rotatable bonds is 2. The van der Waals surface area contributed by atoms with E-state index < -0.39 is 0 Å². The number of nitrogens with one attached hydrogen (secondary N) is 1. The van der Waals surface area contributed by atoms with E-state index in [-0.39, 0.29) is 0 Å². The van der Waals surface area contributed by atoms with Crippen molar-refractivity contribution in [1.29, 1.82) is 0 Å². The molecule has 18 heavy (non-hydrogen) atoms. The minimum Gasteiger partial charge on any atom is -0.384 e. The molecule has 3 rings (SSSR count). The summed E-state index contributed by atoms with van der Waals surface area (Å²) in [5.41, 5.74) is 2.74. The molecule has 0 radical (unpaired) electrons. The van der Waals surface area contributed by atoms with Crippen LogP contribution in [-0.2, 0) is 6.42 Å². The van der Waals surface area contributed by atoms with Crippen molar-refractivity contribution < 1.29 is 0 Å². The van der Waals surface area contributed by atoms with Crippen molar-refractivity contribution in [3.8, 4) is 0 Å². The summed E-state index contributed by atoms with van der Waals surface area (Å²) in [6.45, 7) is 1.03. The Balaban J connectivity index is 1.68. The summed E-state index contributed by atoms with van der Waals surface area (Å²) in [4.78, 5) is 5.37. The lowest BCUT2D eigenvalue weighted by Gasteiger charge is -2.13. The third-order valence-electron chi connectivity index (χ3n) is 3.23. The van der Waals surface area contributed by atoms with Crippen LogP contribution in [0.25, 0.3) is 0 Å². The van der Waals surface area contributed by atoms with Crippen molar-refractivity contribution >= 4 is 17.4 Å². The molecule has 2 aromatic rings. The fourth-order valence-electron chi connectivity index (χ4n) is 2.26. The van der Waals surface area contributed by atoms with E-state index in [2.05, 4.69) is 46.7 Å². The highest BCUT2D eigenvalue weighted by molar-refractivity contribution is 8.00. The molecule has 3 heteroatoms. The number of anilines is 1. The number of thioether (sulfide) groups is 1. The van der Waals surface area contributed by atoms with Gasteiger partial charge in [-0.15, -0.1) is 11.8 Å². The van der Waals surface area contributed by atoms with Crippen LogP contribution < -0.4 is 5.32 Å². The Bertz CT molecular complexity index is 486. The molecule has 1 unspecified atom stereocenters. The van der Waals surface area contributed by atoms with Gasteiger partial charge in [-0.2, -0.15) is 0 Å². The van der Waals surface area contributed by atoms with Crippen molar-refractivity contribution in [2.75, 3.05) is 11.9 Å². The first-order valence-electron chi connectivity index (χ1n) is 6.30. The van der Waals surface area contributed by atoms with Crippen molar-refractivity contribution in [2.24, 2.45) is 0 Å². The van der Waals surface area contributed by atoms with Crippen LogP contribution in [-0.4, -0.2) is 16.8 Å². The first-order valence-corrected chi connectivity index (χ1v) is 7.18. The van der Waals surface area contributed by atoms with Crippen LogP contribution in [0.15, 0.2) is 53.7 Å². The van der Waals surface area contributed by atoms with Crippen molar-refractivity contribution in [2.45, 2.75) is 23.0 Å². The summed E-state index contributed by atoms with van der Waals surface area (Å²) >= 11 is 1.95. The maximum Gasteiger partial charge on any atom is 0.0373 e. The normalized spacial score (nSPS) is 18.6. The molecule has 1 aliphatic rings. The second-order valence-electron chi connectivity index (χ2n) is 4.50. The molecular weight excluding hydrogens is 240 g/mol. The fraction of sp³-hybridized carbons (Fsp3) is 0.267. The first-order chi connectivity index (χ1) is 8.92. The van der Waals surface area contributed by atoms with E-state index in [4.69, 9.17) is 0 Å². The molecule has 0 fully saturated rings. The zero-order chi connectivity index (χ0) is 12.2. The van der Waals surface area contributed by atoms with E-state index in [1.54, 1.807) is 0 Å². The zero-order valence-electron chi connectivity index (χ0n) is 10.2. The minimum absolute atomic E-state index is 0.625. The second-order valence-corrected chi connectivity index (χ2v) is 5.87. The zero-order valence-corrected chi connectivity index (χ0v) is 11.0. The predicted octanol–water partition coefficient (Wildman–Crippen LogP) is 3.60. The maximum atomic E-state index is 4.06. The largest absolute Gasteiger partial charge is 0.384 e. The van der Waals surface area contributed by atoms with Gasteiger partial charge in [0, 0.05) is 34.8 Å². The number of aryl methyl sites for hydroxylation is 1. The van der Waals surface area contributed by atoms with E-state index in [1.807, 2.05) is 24.2 Å². The predicted molar refractivity (Wildman–Crippen MR) is 77.1 cm³/mol. The summed E-state index contributed by atoms with van der Waals surface area (Å²) in [7, 11) is 0. The molecule has 0 aliphatic carbocycles. The number of nitrogens with zero attached hydrogens (tertiary/aromatic N) is 1. The highest BCUT2D eigenvalue weighted by atomic mass is 32.2. The molecule has 2 heterocycles. The fourth-order valence-corrected chi connectivity index (χ4v) is 3.33. The Hall–Kier alpha value is -1.48. The van der Waals surface area contributed by atoms with Gasteiger partial charge < -0.3 is 5.32 Å². The molecule has 1 aromatic carbocycles. The number of hydrogen-bond donors (Lipinski definition) is 1. The van der Waals surface area contributed by atoms with Gasteiger partial charge in [-0.3, -0.25) is 4.98 Å². The van der Waals surface area contributed by atoms with Crippen molar-refractivity contribution in [1.82, 2.24) is 4.98 Å². The molecule has 92 valence electrons. The van der Waals surface area contributed by atoms with Gasteiger partial charge in [-0.1, -0.05) is 18.2 Å². The van der Waals surface area contributed by atoms with E-state index >= 15 is 0 Å². The van der Waals surface area contributed by atoms with Gasteiger partial charge in [0.2, 0.25) is 0 Å². The molecule has 2 nitrogen and oxygen atoms in total. The van der Waals surface area contributed by atoms with Crippen LogP contribution in [0.5, 0.6) is 0 Å². The molecule has 1 atom stereocenters. The molecule has 0 bridgehead atoms. The third kappa shape index (κ3) is 2.67. The van der Waals surface area contributed by atoms with Crippen LogP contribution in [0.2, 0.25) is 0 Å². The summed E-state index contributed by atoms with van der Waals surface area (Å²) in [6.07, 6.45) is 6.10. The molecule has 0 saturated carbocycles. The number of aromatic nitrogens is 1. The Labute approximate surface area is 112 Å². The molecule has 1 aliphatic heterocycles. The van der Waals surface area contributed by atoms with Gasteiger partial charge in [0.25, 0.3) is 0 Å². The SMILES string of the molecule is c1ccc2c(c1)CCC(Sc1ccncc1)CN2. The highest BCUT2D eigenvalue weighted by Gasteiger charge is 2.16. The molecule has 0 saturated heterocycles. The topological polar surface area (TPSA) is 24.9 Å². The Kier molecular flexibility index (Phi) is 3.51. The van der Waals surface area contributed by atoms with E-state index in [9.17, 15) is 0 Å². The average Bonchev–Trinajstić information content (AvgIpc) is 2.63. The molecule has 1 N–H and O–H groups in total. The van der Waals surface area contributed by atoms with Crippen LogP contribution >= 0.6 is 11.8 Å². The maximum absolute atomic E-state index is 4.06. The Morgan fingerprint density at radius 2 is 1.94 bits per heavy atom. The minimum atomic E-state index is 0.625. The van der Waals surface area contributed by atoms with E-state index in [1.165, 1.54) is 22.6 Å². The molecule has 0 amide bonds. The lowest BCUT2D eigenvalue weighted by Crippen LogP contribution is -2.14. The van der Waals surface area contributed by atoms with E-state index in [0.29, 0.717) is 5.25 Å². The smallest absolute Gasteiger partial charge is 0.0373 e. The number of hydrogen-bond acceptors (Lipinski definition) is 3. The van der Waals surface area contributed by atoms with Crippen LogP contribution in [0, 0.1) is 0 Å². The Morgan fingerprint density at radius 1 is 1.11 bits per heavy atom. The number of benzene rings is 1. The summed E-state index contributed by atoms with van der Waals surface area (Å²) in [6, 6.07) is 12.8. The van der Waals surface area contributed by atoms with Gasteiger partial charge in [0.15, 0.2) is 0 Å². The third-order valence-corrected chi connectivity index (χ3v) is 4.51. The monoisotopic (exact) mass is 256 g/mol. The molecule has 0 spiro atoms. The van der Waals surface area contributed by atoms with E-state index in [0.717, 1.165) is 13.0 Å². The van der Waals surface area contributed by atoms with Crippen LogP contribution in [0.3, 0.4) is 0 Å². The number of pyridine rings is 1. The summed E-state index contributed by atoms with van der Waals surface area (Å²) in [5, 5.41) is 4.18. The first kappa shape index (κ1) is 11.6.